The van der Waals surface area contributed by atoms with Crippen LogP contribution in [0, 0.1) is 11.8 Å². The van der Waals surface area contributed by atoms with E-state index in [9.17, 15) is 18.0 Å². The van der Waals surface area contributed by atoms with Crippen LogP contribution in [-0.4, -0.2) is 35.7 Å². The Morgan fingerprint density at radius 3 is 2.32 bits per heavy atom. The number of alkyl halides is 3. The molecule has 0 spiro atoms. The van der Waals surface area contributed by atoms with Crippen LogP contribution in [-0.2, 0) is 4.79 Å². The van der Waals surface area contributed by atoms with Crippen molar-refractivity contribution >= 4 is 5.91 Å². The second-order valence-electron chi connectivity index (χ2n) is 5.76. The number of amides is 1. The molecular weight excluding hydrogens is 257 g/mol. The van der Waals surface area contributed by atoms with Gasteiger partial charge in [0.1, 0.15) is 6.54 Å². The molecule has 1 rings (SSSR count). The fourth-order valence-electron chi connectivity index (χ4n) is 2.37. The molecule has 3 nitrogen and oxygen atoms in total. The van der Waals surface area contributed by atoms with Crippen molar-refractivity contribution < 1.29 is 18.0 Å². The second-order valence-corrected chi connectivity index (χ2v) is 5.76. The van der Waals surface area contributed by atoms with E-state index in [0.29, 0.717) is 6.42 Å². The van der Waals surface area contributed by atoms with E-state index in [1.54, 1.807) is 0 Å². The second kappa shape index (κ2) is 6.11. The Bertz CT molecular complexity index is 318. The van der Waals surface area contributed by atoms with Gasteiger partial charge in [-0.05, 0) is 18.3 Å². The van der Waals surface area contributed by atoms with Crippen molar-refractivity contribution in [3.63, 3.8) is 0 Å². The molecule has 0 aliphatic carbocycles. The molecule has 112 valence electrons. The Morgan fingerprint density at radius 2 is 1.89 bits per heavy atom. The van der Waals surface area contributed by atoms with Crippen LogP contribution in [0.25, 0.3) is 0 Å². The van der Waals surface area contributed by atoms with Gasteiger partial charge in [-0.3, -0.25) is 10.1 Å². The van der Waals surface area contributed by atoms with E-state index < -0.39 is 30.8 Å². The Balaban J connectivity index is 2.85. The van der Waals surface area contributed by atoms with Gasteiger partial charge >= 0.3 is 6.18 Å². The van der Waals surface area contributed by atoms with E-state index >= 15 is 0 Å². The zero-order valence-corrected chi connectivity index (χ0v) is 11.9. The Labute approximate surface area is 112 Å². The molecule has 0 radical (unpaired) electrons. The maximum atomic E-state index is 12.6. The molecule has 1 N–H and O–H groups in total. The maximum absolute atomic E-state index is 12.6. The molecule has 1 amide bonds. The summed E-state index contributed by atoms with van der Waals surface area (Å²) in [6, 6.07) is -0.490. The van der Waals surface area contributed by atoms with Crippen LogP contribution >= 0.6 is 0 Å². The minimum Gasteiger partial charge on any atom is -0.317 e. The summed E-state index contributed by atoms with van der Waals surface area (Å²) in [6.45, 7) is 6.54. The third-order valence-corrected chi connectivity index (χ3v) is 3.55. The van der Waals surface area contributed by atoms with E-state index in [1.807, 2.05) is 27.7 Å². The zero-order valence-electron chi connectivity index (χ0n) is 11.9. The molecule has 3 unspecified atom stereocenters. The van der Waals surface area contributed by atoms with Crippen molar-refractivity contribution in [2.45, 2.75) is 58.9 Å². The highest BCUT2D eigenvalue weighted by Crippen LogP contribution is 2.27. The molecule has 1 heterocycles. The molecule has 3 atom stereocenters. The SMILES string of the molecule is CCC(C)C1NC(CC(C)C)N(CC(F)(F)F)C1=O. The lowest BCUT2D eigenvalue weighted by Gasteiger charge is -2.26. The van der Waals surface area contributed by atoms with Crippen molar-refractivity contribution in [2.24, 2.45) is 11.8 Å². The van der Waals surface area contributed by atoms with Crippen LogP contribution in [0.15, 0.2) is 0 Å². The van der Waals surface area contributed by atoms with Gasteiger partial charge in [0.15, 0.2) is 0 Å². The van der Waals surface area contributed by atoms with Crippen molar-refractivity contribution in [1.29, 1.82) is 0 Å². The first-order valence-electron chi connectivity index (χ1n) is 6.79. The lowest BCUT2D eigenvalue weighted by molar-refractivity contribution is -0.162. The summed E-state index contributed by atoms with van der Waals surface area (Å²) in [4.78, 5) is 13.1. The van der Waals surface area contributed by atoms with Crippen LogP contribution in [0.5, 0.6) is 0 Å². The third kappa shape index (κ3) is 4.37. The van der Waals surface area contributed by atoms with E-state index in [1.165, 1.54) is 0 Å². The van der Waals surface area contributed by atoms with Crippen LogP contribution < -0.4 is 5.32 Å². The van der Waals surface area contributed by atoms with E-state index in [0.717, 1.165) is 11.3 Å². The normalized spacial score (nSPS) is 26.3. The highest BCUT2D eigenvalue weighted by atomic mass is 19.4. The summed E-state index contributed by atoms with van der Waals surface area (Å²) in [5.74, 6) is -0.144. The number of nitrogens with zero attached hydrogens (tertiary/aromatic N) is 1. The van der Waals surface area contributed by atoms with Crippen molar-refractivity contribution in [1.82, 2.24) is 10.2 Å². The first-order chi connectivity index (χ1) is 8.65. The number of nitrogens with one attached hydrogen (secondary N) is 1. The summed E-state index contributed by atoms with van der Waals surface area (Å²) < 4.78 is 37.7. The van der Waals surface area contributed by atoms with Crippen LogP contribution in [0.3, 0.4) is 0 Å². The molecule has 1 saturated heterocycles. The number of hydrogen-bond donors (Lipinski definition) is 1. The molecule has 1 aliphatic rings. The number of carbonyl (C=O) groups excluding carboxylic acids is 1. The minimum absolute atomic E-state index is 0.0420. The van der Waals surface area contributed by atoms with Crippen LogP contribution in [0.4, 0.5) is 13.2 Å². The lowest BCUT2D eigenvalue weighted by atomic mass is 9.99. The Morgan fingerprint density at radius 1 is 1.32 bits per heavy atom. The number of halogens is 3. The molecule has 0 aromatic rings. The number of carbonyl (C=O) groups is 1. The summed E-state index contributed by atoms with van der Waals surface area (Å²) in [5.41, 5.74) is 0. The number of rotatable bonds is 5. The topological polar surface area (TPSA) is 32.3 Å². The quantitative estimate of drug-likeness (QED) is 0.840. The molecule has 1 fully saturated rings. The summed E-state index contributed by atoms with van der Waals surface area (Å²) in [7, 11) is 0. The average Bonchev–Trinajstić information content (AvgIpc) is 2.54. The molecule has 0 aromatic heterocycles. The standard InChI is InChI=1S/C13H23F3N2O/c1-5-9(4)11-12(19)18(7-13(14,15)16)10(17-11)6-8(2)3/h8-11,17H,5-7H2,1-4H3. The third-order valence-electron chi connectivity index (χ3n) is 3.55. The minimum atomic E-state index is -4.35. The van der Waals surface area contributed by atoms with E-state index in [4.69, 9.17) is 0 Å². The van der Waals surface area contributed by atoms with Gasteiger partial charge in [0, 0.05) is 0 Å². The Hall–Kier alpha value is -0.780. The summed E-state index contributed by atoms with van der Waals surface area (Å²) in [6.07, 6.45) is -3.56. The first-order valence-corrected chi connectivity index (χ1v) is 6.79. The largest absolute Gasteiger partial charge is 0.406 e. The van der Waals surface area contributed by atoms with Crippen LogP contribution in [0.2, 0.25) is 0 Å². The van der Waals surface area contributed by atoms with Gasteiger partial charge in [0.2, 0.25) is 5.91 Å². The van der Waals surface area contributed by atoms with Crippen molar-refractivity contribution in [3.05, 3.63) is 0 Å². The highest BCUT2D eigenvalue weighted by molar-refractivity contribution is 5.84. The fourth-order valence-corrected chi connectivity index (χ4v) is 2.37. The fraction of sp³-hybridized carbons (Fsp3) is 0.923. The lowest BCUT2D eigenvalue weighted by Crippen LogP contribution is -2.43. The van der Waals surface area contributed by atoms with Gasteiger partial charge in [-0.1, -0.05) is 34.1 Å². The van der Waals surface area contributed by atoms with Gasteiger partial charge < -0.3 is 4.90 Å². The highest BCUT2D eigenvalue weighted by Gasteiger charge is 2.45. The van der Waals surface area contributed by atoms with Gasteiger partial charge in [-0.25, -0.2) is 0 Å². The summed E-state index contributed by atoms with van der Waals surface area (Å²) in [5, 5.41) is 3.07. The van der Waals surface area contributed by atoms with E-state index in [2.05, 4.69) is 5.32 Å². The zero-order chi connectivity index (χ0) is 14.8. The molecule has 19 heavy (non-hydrogen) atoms. The predicted molar refractivity (Wildman–Crippen MR) is 67.4 cm³/mol. The molecule has 1 aliphatic heterocycles. The molecule has 0 bridgehead atoms. The molecule has 0 aromatic carbocycles. The van der Waals surface area contributed by atoms with Crippen molar-refractivity contribution in [2.75, 3.05) is 6.54 Å². The van der Waals surface area contributed by atoms with Gasteiger partial charge in [0.25, 0.3) is 0 Å². The molecule has 6 heteroatoms. The van der Waals surface area contributed by atoms with Crippen LogP contribution in [0.1, 0.15) is 40.5 Å². The van der Waals surface area contributed by atoms with E-state index in [-0.39, 0.29) is 11.8 Å². The van der Waals surface area contributed by atoms with Gasteiger partial charge in [-0.2, -0.15) is 13.2 Å². The van der Waals surface area contributed by atoms with Gasteiger partial charge in [0.05, 0.1) is 12.2 Å². The monoisotopic (exact) mass is 280 g/mol. The molecule has 0 saturated carbocycles. The molecular formula is C13H23F3N2O. The number of hydrogen-bond acceptors (Lipinski definition) is 2. The summed E-state index contributed by atoms with van der Waals surface area (Å²) >= 11 is 0. The average molecular weight is 280 g/mol. The maximum Gasteiger partial charge on any atom is 0.406 e. The first kappa shape index (κ1) is 16.3. The smallest absolute Gasteiger partial charge is 0.317 e. The Kier molecular flexibility index (Phi) is 5.24. The van der Waals surface area contributed by atoms with Crippen molar-refractivity contribution in [3.8, 4) is 0 Å². The van der Waals surface area contributed by atoms with Gasteiger partial charge in [-0.15, -0.1) is 0 Å². The predicted octanol–water partition coefficient (Wildman–Crippen LogP) is 2.77.